The number of benzene rings is 2. The second kappa shape index (κ2) is 7.55. The average molecular weight is 298 g/mol. The Morgan fingerprint density at radius 3 is 2.24 bits per heavy atom. The highest BCUT2D eigenvalue weighted by Gasteiger charge is 2.10. The van der Waals surface area contributed by atoms with Crippen molar-refractivity contribution < 1.29 is 4.79 Å². The first-order valence-corrected chi connectivity index (χ1v) is 7.24. The molecule has 4 heteroatoms. The van der Waals surface area contributed by atoms with Crippen molar-refractivity contribution in [3.63, 3.8) is 0 Å². The molecule has 0 fully saturated rings. The number of nitrogens with one attached hydrogen (secondary N) is 1. The lowest BCUT2D eigenvalue weighted by Crippen LogP contribution is -2.40. The summed E-state index contributed by atoms with van der Waals surface area (Å²) in [5, 5.41) is 3.18. The van der Waals surface area contributed by atoms with Gasteiger partial charge in [0, 0.05) is 19.2 Å². The second-order valence-electron chi connectivity index (χ2n) is 4.73. The quantitative estimate of drug-likeness (QED) is 0.880. The maximum atomic E-state index is 11.9. The molecule has 0 aliphatic heterocycles. The predicted octanol–water partition coefficient (Wildman–Crippen LogP) is 3.16. The Morgan fingerprint density at radius 2 is 1.62 bits per heavy atom. The van der Waals surface area contributed by atoms with E-state index < -0.39 is 0 Å². The van der Waals surface area contributed by atoms with Crippen LogP contribution < -0.4 is 10.2 Å². The maximum absolute atomic E-state index is 11.9. The molecule has 108 valence electrons. The van der Waals surface area contributed by atoms with Gasteiger partial charge in [-0.25, -0.2) is 0 Å². The molecular weight excluding hydrogens is 280 g/mol. The van der Waals surface area contributed by atoms with Crippen molar-refractivity contribution in [2.45, 2.75) is 12.8 Å². The van der Waals surface area contributed by atoms with Crippen molar-refractivity contribution in [3.05, 3.63) is 66.2 Å². The SMILES string of the molecule is CN(C(=S)NC(=O)CCc1ccccc1)c1ccccc1. The van der Waals surface area contributed by atoms with Gasteiger partial charge in [0.15, 0.2) is 5.11 Å². The molecule has 0 aliphatic rings. The van der Waals surface area contributed by atoms with Gasteiger partial charge in [0.25, 0.3) is 0 Å². The zero-order chi connectivity index (χ0) is 15.1. The monoisotopic (exact) mass is 298 g/mol. The molecular formula is C17H18N2OS. The Kier molecular flexibility index (Phi) is 5.46. The van der Waals surface area contributed by atoms with Gasteiger partial charge < -0.3 is 10.2 Å². The Labute approximate surface area is 130 Å². The number of aryl methyl sites for hydroxylation is 1. The third-order valence-electron chi connectivity index (χ3n) is 3.18. The number of rotatable bonds is 4. The van der Waals surface area contributed by atoms with Gasteiger partial charge in [-0.2, -0.15) is 0 Å². The minimum absolute atomic E-state index is 0.0633. The van der Waals surface area contributed by atoms with Crippen LogP contribution in [0.5, 0.6) is 0 Å². The van der Waals surface area contributed by atoms with E-state index >= 15 is 0 Å². The fraction of sp³-hybridized carbons (Fsp3) is 0.176. The summed E-state index contributed by atoms with van der Waals surface area (Å²) >= 11 is 5.26. The van der Waals surface area contributed by atoms with Crippen molar-refractivity contribution in [2.24, 2.45) is 0 Å². The molecule has 2 aromatic carbocycles. The fourth-order valence-corrected chi connectivity index (χ4v) is 2.16. The van der Waals surface area contributed by atoms with E-state index in [1.807, 2.05) is 67.7 Å². The molecule has 0 spiro atoms. The Morgan fingerprint density at radius 1 is 1.05 bits per heavy atom. The van der Waals surface area contributed by atoms with Crippen LogP contribution in [0.1, 0.15) is 12.0 Å². The second-order valence-corrected chi connectivity index (χ2v) is 5.12. The number of para-hydroxylation sites is 1. The number of anilines is 1. The number of amides is 1. The van der Waals surface area contributed by atoms with Crippen LogP contribution in [0.2, 0.25) is 0 Å². The summed E-state index contributed by atoms with van der Waals surface area (Å²) < 4.78 is 0. The molecule has 21 heavy (non-hydrogen) atoms. The molecule has 3 nitrogen and oxygen atoms in total. The normalized spacial score (nSPS) is 9.95. The molecule has 0 saturated carbocycles. The minimum atomic E-state index is -0.0633. The number of hydrogen-bond acceptors (Lipinski definition) is 2. The molecule has 0 unspecified atom stereocenters. The fourth-order valence-electron chi connectivity index (χ4n) is 1.94. The first kappa shape index (κ1) is 15.2. The van der Waals surface area contributed by atoms with Gasteiger partial charge in [0.05, 0.1) is 0 Å². The van der Waals surface area contributed by atoms with E-state index in [2.05, 4.69) is 5.32 Å². The molecule has 0 bridgehead atoms. The smallest absolute Gasteiger partial charge is 0.226 e. The lowest BCUT2D eigenvalue weighted by Gasteiger charge is -2.20. The van der Waals surface area contributed by atoms with Crippen LogP contribution in [0.4, 0.5) is 5.69 Å². The maximum Gasteiger partial charge on any atom is 0.226 e. The van der Waals surface area contributed by atoms with Crippen LogP contribution in [0.25, 0.3) is 0 Å². The minimum Gasteiger partial charge on any atom is -0.322 e. The Balaban J connectivity index is 1.83. The van der Waals surface area contributed by atoms with Gasteiger partial charge in [0.2, 0.25) is 5.91 Å². The topological polar surface area (TPSA) is 32.3 Å². The van der Waals surface area contributed by atoms with Crippen LogP contribution >= 0.6 is 12.2 Å². The Hall–Kier alpha value is -2.20. The summed E-state index contributed by atoms with van der Waals surface area (Å²) in [7, 11) is 1.84. The molecule has 1 N–H and O–H groups in total. The third kappa shape index (κ3) is 4.68. The third-order valence-corrected chi connectivity index (χ3v) is 3.55. The van der Waals surface area contributed by atoms with Crippen molar-refractivity contribution in [3.8, 4) is 0 Å². The van der Waals surface area contributed by atoms with E-state index in [1.165, 1.54) is 0 Å². The molecule has 0 aliphatic carbocycles. The van der Waals surface area contributed by atoms with E-state index in [0.29, 0.717) is 18.0 Å². The zero-order valence-corrected chi connectivity index (χ0v) is 12.8. The molecule has 1 amide bonds. The summed E-state index contributed by atoms with van der Waals surface area (Å²) in [6.07, 6.45) is 1.14. The first-order chi connectivity index (χ1) is 10.2. The zero-order valence-electron chi connectivity index (χ0n) is 12.0. The first-order valence-electron chi connectivity index (χ1n) is 6.83. The summed E-state index contributed by atoms with van der Waals surface area (Å²) in [6.45, 7) is 0. The van der Waals surface area contributed by atoms with Gasteiger partial charge >= 0.3 is 0 Å². The van der Waals surface area contributed by atoms with E-state index in [1.54, 1.807) is 4.90 Å². The van der Waals surface area contributed by atoms with Crippen molar-refractivity contribution in [1.82, 2.24) is 5.32 Å². The largest absolute Gasteiger partial charge is 0.322 e. The molecule has 0 saturated heterocycles. The van der Waals surface area contributed by atoms with E-state index in [0.717, 1.165) is 11.3 Å². The lowest BCUT2D eigenvalue weighted by molar-refractivity contribution is -0.119. The van der Waals surface area contributed by atoms with E-state index in [9.17, 15) is 4.79 Å². The Bertz CT molecular complexity index is 599. The molecule has 2 aromatic rings. The highest BCUT2D eigenvalue weighted by atomic mass is 32.1. The van der Waals surface area contributed by atoms with E-state index in [-0.39, 0.29) is 5.91 Å². The van der Waals surface area contributed by atoms with Crippen LogP contribution in [0, 0.1) is 0 Å². The summed E-state index contributed by atoms with van der Waals surface area (Å²) in [5.74, 6) is -0.0633. The van der Waals surface area contributed by atoms with Crippen LogP contribution in [0.15, 0.2) is 60.7 Å². The predicted molar refractivity (Wildman–Crippen MR) is 90.3 cm³/mol. The number of thiocarbonyl (C=S) groups is 1. The van der Waals surface area contributed by atoms with Crippen LogP contribution in [0.3, 0.4) is 0 Å². The summed E-state index contributed by atoms with van der Waals surface area (Å²) in [5.41, 5.74) is 2.10. The molecule has 2 rings (SSSR count). The molecule has 0 aromatic heterocycles. The van der Waals surface area contributed by atoms with Gasteiger partial charge in [-0.05, 0) is 36.3 Å². The lowest BCUT2D eigenvalue weighted by atomic mass is 10.1. The number of nitrogens with zero attached hydrogens (tertiary/aromatic N) is 1. The average Bonchev–Trinajstić information content (AvgIpc) is 2.54. The van der Waals surface area contributed by atoms with Gasteiger partial charge in [-0.1, -0.05) is 48.5 Å². The molecule has 0 heterocycles. The van der Waals surface area contributed by atoms with Crippen molar-refractivity contribution >= 4 is 28.9 Å². The highest BCUT2D eigenvalue weighted by molar-refractivity contribution is 7.80. The number of carbonyl (C=O) groups excluding carboxylic acids is 1. The molecule has 0 atom stereocenters. The van der Waals surface area contributed by atoms with Gasteiger partial charge in [-0.3, -0.25) is 4.79 Å². The summed E-state index contributed by atoms with van der Waals surface area (Å²) in [4.78, 5) is 13.7. The van der Waals surface area contributed by atoms with E-state index in [4.69, 9.17) is 12.2 Å². The number of hydrogen-bond donors (Lipinski definition) is 1. The highest BCUT2D eigenvalue weighted by Crippen LogP contribution is 2.11. The van der Waals surface area contributed by atoms with Crippen LogP contribution in [-0.4, -0.2) is 18.1 Å². The number of carbonyl (C=O) groups is 1. The molecule has 0 radical (unpaired) electrons. The standard InChI is InChI=1S/C17H18N2OS/c1-19(15-10-6-3-7-11-15)17(21)18-16(20)13-12-14-8-4-2-5-9-14/h2-11H,12-13H2,1H3,(H,18,20,21). The van der Waals surface area contributed by atoms with Gasteiger partial charge in [-0.15, -0.1) is 0 Å². The van der Waals surface area contributed by atoms with Crippen LogP contribution in [-0.2, 0) is 11.2 Å². The van der Waals surface area contributed by atoms with Crippen molar-refractivity contribution in [1.29, 1.82) is 0 Å². The summed E-state index contributed by atoms with van der Waals surface area (Å²) in [6, 6.07) is 19.7. The van der Waals surface area contributed by atoms with Gasteiger partial charge in [0.1, 0.15) is 0 Å². The van der Waals surface area contributed by atoms with Crippen molar-refractivity contribution in [2.75, 3.05) is 11.9 Å².